The summed E-state index contributed by atoms with van der Waals surface area (Å²) in [7, 11) is 0. The van der Waals surface area contributed by atoms with E-state index in [1.165, 1.54) is 0 Å². The summed E-state index contributed by atoms with van der Waals surface area (Å²) < 4.78 is 6.04. The molecule has 35 heavy (non-hydrogen) atoms. The highest BCUT2D eigenvalue weighted by molar-refractivity contribution is 5.97. The van der Waals surface area contributed by atoms with Crippen LogP contribution in [0.2, 0.25) is 0 Å². The first kappa shape index (κ1) is 21.0. The molecule has 2 aromatic heterocycles. The number of ether oxygens (including phenoxy) is 1. The Morgan fingerprint density at radius 3 is 2.77 bits per heavy atom. The van der Waals surface area contributed by atoms with Crippen molar-refractivity contribution in [2.45, 2.75) is 18.8 Å². The lowest BCUT2D eigenvalue weighted by Crippen LogP contribution is -2.20. The largest absolute Gasteiger partial charge is 0.493 e. The second kappa shape index (κ2) is 8.68. The van der Waals surface area contributed by atoms with E-state index in [2.05, 4.69) is 15.0 Å². The van der Waals surface area contributed by atoms with Gasteiger partial charge in [-0.1, -0.05) is 36.4 Å². The van der Waals surface area contributed by atoms with Gasteiger partial charge in [0.05, 0.1) is 29.3 Å². The summed E-state index contributed by atoms with van der Waals surface area (Å²) in [6, 6.07) is 23.3. The molecule has 3 aromatic carbocycles. The van der Waals surface area contributed by atoms with Crippen LogP contribution in [0.25, 0.3) is 22.3 Å². The molecule has 0 fully saturated rings. The van der Waals surface area contributed by atoms with Gasteiger partial charge in [0.25, 0.3) is 0 Å². The Balaban J connectivity index is 1.24. The van der Waals surface area contributed by atoms with Crippen LogP contribution >= 0.6 is 0 Å². The van der Waals surface area contributed by atoms with E-state index in [-0.39, 0.29) is 17.6 Å². The van der Waals surface area contributed by atoms with Gasteiger partial charge in [0, 0.05) is 23.7 Å². The molecule has 7 heteroatoms. The van der Waals surface area contributed by atoms with Crippen LogP contribution in [-0.4, -0.2) is 32.3 Å². The average Bonchev–Trinajstić information content (AvgIpc) is 3.32. The molecule has 3 N–H and O–H groups in total. The molecule has 0 spiro atoms. The number of carbonyl (C=O) groups excluding carboxylic acids is 1. The summed E-state index contributed by atoms with van der Waals surface area (Å²) >= 11 is 0. The van der Waals surface area contributed by atoms with Crippen LogP contribution in [-0.2, 0) is 12.8 Å². The Hall–Kier alpha value is -4.52. The van der Waals surface area contributed by atoms with Crippen molar-refractivity contribution in [3.63, 3.8) is 0 Å². The average molecular weight is 462 g/mol. The fraction of sp³-hybridized carbons (Fsp3) is 0.143. The third kappa shape index (κ3) is 4.24. The molecule has 1 aliphatic rings. The molecular weight excluding hydrogens is 438 g/mol. The van der Waals surface area contributed by atoms with E-state index < -0.39 is 0 Å². The number of aromatic nitrogens is 4. The highest BCUT2D eigenvalue weighted by Crippen LogP contribution is 2.33. The summed E-state index contributed by atoms with van der Waals surface area (Å²) in [6.07, 6.45) is 2.78. The van der Waals surface area contributed by atoms with Crippen LogP contribution in [0.5, 0.6) is 5.75 Å². The minimum atomic E-state index is 0.0625. The third-order valence-electron chi connectivity index (χ3n) is 6.35. The van der Waals surface area contributed by atoms with Crippen molar-refractivity contribution in [1.29, 1.82) is 0 Å². The number of nitrogen functional groups attached to an aromatic ring is 1. The van der Waals surface area contributed by atoms with Gasteiger partial charge in [-0.15, -0.1) is 0 Å². The van der Waals surface area contributed by atoms with Gasteiger partial charge in [-0.3, -0.25) is 4.79 Å². The fourth-order valence-corrected chi connectivity index (χ4v) is 4.54. The van der Waals surface area contributed by atoms with Crippen LogP contribution in [0.15, 0.2) is 79.0 Å². The van der Waals surface area contributed by atoms with Gasteiger partial charge in [0.1, 0.15) is 11.6 Å². The predicted molar refractivity (Wildman–Crippen MR) is 134 cm³/mol. The summed E-state index contributed by atoms with van der Waals surface area (Å²) in [5.74, 6) is 2.10. The lowest BCUT2D eigenvalue weighted by molar-refractivity contribution is 0.0992. The Kier molecular flexibility index (Phi) is 5.22. The number of hydrogen-bond acceptors (Lipinski definition) is 6. The molecule has 1 atom stereocenters. The molecule has 0 radical (unpaired) electrons. The number of benzene rings is 3. The number of nitrogens with one attached hydrogen (secondary N) is 1. The zero-order chi connectivity index (χ0) is 23.8. The first-order valence-electron chi connectivity index (χ1n) is 11.5. The van der Waals surface area contributed by atoms with Crippen molar-refractivity contribution < 1.29 is 9.53 Å². The third-order valence-corrected chi connectivity index (χ3v) is 6.35. The maximum Gasteiger partial charge on any atom is 0.220 e. The minimum absolute atomic E-state index is 0.0625. The first-order valence-corrected chi connectivity index (χ1v) is 11.5. The van der Waals surface area contributed by atoms with E-state index in [0.717, 1.165) is 51.4 Å². The summed E-state index contributed by atoms with van der Waals surface area (Å²) in [5.41, 5.74) is 12.0. The summed E-state index contributed by atoms with van der Waals surface area (Å²) in [4.78, 5) is 29.4. The van der Waals surface area contributed by atoms with Gasteiger partial charge in [0.2, 0.25) is 5.95 Å². The van der Waals surface area contributed by atoms with Crippen molar-refractivity contribution in [2.24, 2.45) is 0 Å². The number of Topliss-reactive ketones (excluding diaryl/α,β-unsaturated/α-hetero) is 1. The number of ketones is 1. The van der Waals surface area contributed by atoms with Gasteiger partial charge in [0.15, 0.2) is 5.78 Å². The monoisotopic (exact) mass is 461 g/mol. The minimum Gasteiger partial charge on any atom is -0.493 e. The van der Waals surface area contributed by atoms with Gasteiger partial charge < -0.3 is 15.5 Å². The zero-order valence-corrected chi connectivity index (χ0v) is 18.9. The van der Waals surface area contributed by atoms with E-state index in [1.54, 1.807) is 6.20 Å². The first-order chi connectivity index (χ1) is 17.1. The molecule has 1 aliphatic heterocycles. The topological polar surface area (TPSA) is 107 Å². The van der Waals surface area contributed by atoms with Gasteiger partial charge in [-0.05, 0) is 53.9 Å². The summed E-state index contributed by atoms with van der Waals surface area (Å²) in [6.45, 7) is 0.527. The normalized spacial score (nSPS) is 14.9. The van der Waals surface area contributed by atoms with Crippen LogP contribution in [0.4, 0.5) is 5.95 Å². The van der Waals surface area contributed by atoms with Crippen LogP contribution in [0.3, 0.4) is 0 Å². The number of fused-ring (bicyclic) bond motifs is 2. The van der Waals surface area contributed by atoms with E-state index >= 15 is 0 Å². The zero-order valence-electron chi connectivity index (χ0n) is 18.9. The maximum absolute atomic E-state index is 12.9. The predicted octanol–water partition coefficient (Wildman–Crippen LogP) is 4.75. The number of nitrogens with zero attached hydrogens (tertiary/aromatic N) is 3. The van der Waals surface area contributed by atoms with E-state index in [9.17, 15) is 4.79 Å². The highest BCUT2D eigenvalue weighted by Gasteiger charge is 2.25. The number of aromatic amines is 1. The Morgan fingerprint density at radius 1 is 1.03 bits per heavy atom. The number of nitrogens with two attached hydrogens (primary N) is 1. The molecule has 0 saturated carbocycles. The Bertz CT molecular complexity index is 1540. The molecule has 0 saturated heterocycles. The van der Waals surface area contributed by atoms with Crippen LogP contribution < -0.4 is 10.5 Å². The summed E-state index contributed by atoms with van der Waals surface area (Å²) in [5, 5.41) is 0. The lowest BCUT2D eigenvalue weighted by Gasteiger charge is -2.24. The van der Waals surface area contributed by atoms with Crippen LogP contribution in [0, 0.1) is 0 Å². The standard InChI is InChI=1S/C28H23N5O2/c29-28-30-11-10-22(33-28)18-6-8-23-24(15-18)32-27(31-23)21-14-20-13-19(7-9-26(20)35-16-21)25(34)12-17-4-2-1-3-5-17/h1-11,13,15,21H,12,14,16H2,(H,31,32)(H2,29,30,33). The number of carbonyl (C=O) groups is 1. The molecule has 6 rings (SSSR count). The fourth-order valence-electron chi connectivity index (χ4n) is 4.54. The van der Waals surface area contributed by atoms with E-state index in [4.69, 9.17) is 15.5 Å². The second-order valence-corrected chi connectivity index (χ2v) is 8.77. The van der Waals surface area contributed by atoms with E-state index in [1.807, 2.05) is 72.8 Å². The maximum atomic E-state index is 12.9. The van der Waals surface area contributed by atoms with Crippen LogP contribution in [0.1, 0.15) is 33.2 Å². The molecule has 5 aromatic rings. The molecule has 0 amide bonds. The Labute approximate surface area is 202 Å². The molecule has 1 unspecified atom stereocenters. The van der Waals surface area contributed by atoms with Gasteiger partial charge in [-0.2, -0.15) is 0 Å². The number of imidazole rings is 1. The molecule has 7 nitrogen and oxygen atoms in total. The molecule has 0 bridgehead atoms. The van der Waals surface area contributed by atoms with Crippen molar-refractivity contribution >= 4 is 22.8 Å². The van der Waals surface area contributed by atoms with Crippen molar-refractivity contribution in [2.75, 3.05) is 12.3 Å². The molecule has 172 valence electrons. The quantitative estimate of drug-likeness (QED) is 0.366. The Morgan fingerprint density at radius 2 is 1.91 bits per heavy atom. The molecular formula is C28H23N5O2. The highest BCUT2D eigenvalue weighted by atomic mass is 16.5. The SMILES string of the molecule is Nc1nccc(-c2ccc3[nH]c(C4COc5ccc(C(=O)Cc6ccccc6)cc5C4)nc3c2)n1. The van der Waals surface area contributed by atoms with E-state index in [0.29, 0.717) is 18.6 Å². The molecule has 0 aliphatic carbocycles. The lowest BCUT2D eigenvalue weighted by atomic mass is 9.93. The van der Waals surface area contributed by atoms with Crippen molar-refractivity contribution in [3.05, 3.63) is 102 Å². The van der Waals surface area contributed by atoms with Crippen molar-refractivity contribution in [1.82, 2.24) is 19.9 Å². The number of hydrogen-bond donors (Lipinski definition) is 2. The number of H-pyrrole nitrogens is 1. The molecule has 3 heterocycles. The van der Waals surface area contributed by atoms with Gasteiger partial charge in [-0.25, -0.2) is 15.0 Å². The van der Waals surface area contributed by atoms with Crippen molar-refractivity contribution in [3.8, 4) is 17.0 Å². The number of anilines is 1. The second-order valence-electron chi connectivity index (χ2n) is 8.77. The number of rotatable bonds is 5. The van der Waals surface area contributed by atoms with Gasteiger partial charge >= 0.3 is 0 Å². The smallest absolute Gasteiger partial charge is 0.220 e.